The third kappa shape index (κ3) is 2.65. The highest BCUT2D eigenvalue weighted by Gasteiger charge is 2.23. The first-order valence-electron chi connectivity index (χ1n) is 7.62. The van der Waals surface area contributed by atoms with Crippen molar-refractivity contribution in [2.24, 2.45) is 5.73 Å². The fraction of sp³-hybridized carbons (Fsp3) is 0.643. The van der Waals surface area contributed by atoms with Gasteiger partial charge in [0, 0.05) is 25.2 Å². The number of aromatic amines is 1. The zero-order valence-electron chi connectivity index (χ0n) is 12.4. The molecule has 0 unspecified atom stereocenters. The Labute approximate surface area is 123 Å². The lowest BCUT2D eigenvalue weighted by molar-refractivity contribution is 0.414. The number of nitrogens with zero attached hydrogens (tertiary/aromatic N) is 4. The minimum absolute atomic E-state index is 0.246. The molecule has 2 aromatic heterocycles. The van der Waals surface area contributed by atoms with E-state index in [-0.39, 0.29) is 5.69 Å². The van der Waals surface area contributed by atoms with Crippen molar-refractivity contribution >= 4 is 11.5 Å². The number of hydrogen-bond acceptors (Lipinski definition) is 5. The van der Waals surface area contributed by atoms with Crippen LogP contribution in [0.2, 0.25) is 0 Å². The van der Waals surface area contributed by atoms with E-state index >= 15 is 0 Å². The second-order valence-electron chi connectivity index (χ2n) is 5.66. The average molecular weight is 290 g/mol. The summed E-state index contributed by atoms with van der Waals surface area (Å²) < 4.78 is 1.49. The van der Waals surface area contributed by atoms with Crippen LogP contribution in [0.3, 0.4) is 0 Å². The lowest BCUT2D eigenvalue weighted by Gasteiger charge is -2.35. The molecule has 2 heterocycles. The van der Waals surface area contributed by atoms with Crippen molar-refractivity contribution in [3.05, 3.63) is 22.4 Å². The van der Waals surface area contributed by atoms with Crippen molar-refractivity contribution in [2.45, 2.75) is 45.1 Å². The van der Waals surface area contributed by atoms with Gasteiger partial charge < -0.3 is 10.6 Å². The first-order valence-corrected chi connectivity index (χ1v) is 7.62. The molecule has 2 aromatic rings. The Balaban J connectivity index is 2.00. The first kappa shape index (κ1) is 14.1. The Hall–Kier alpha value is -1.89. The second-order valence-corrected chi connectivity index (χ2v) is 5.66. The van der Waals surface area contributed by atoms with Crippen LogP contribution in [-0.2, 0) is 0 Å². The van der Waals surface area contributed by atoms with Crippen LogP contribution >= 0.6 is 0 Å². The fourth-order valence-electron chi connectivity index (χ4n) is 3.25. The fourth-order valence-corrected chi connectivity index (χ4v) is 3.25. The monoisotopic (exact) mass is 290 g/mol. The lowest BCUT2D eigenvalue weighted by Crippen LogP contribution is -2.41. The summed E-state index contributed by atoms with van der Waals surface area (Å²) in [5.74, 6) is 1.52. The highest BCUT2D eigenvalue weighted by Crippen LogP contribution is 2.26. The summed E-state index contributed by atoms with van der Waals surface area (Å²) in [6.45, 7) is 3.20. The summed E-state index contributed by atoms with van der Waals surface area (Å²) in [4.78, 5) is 18.6. The molecule has 0 spiro atoms. The van der Waals surface area contributed by atoms with E-state index in [0.29, 0.717) is 24.1 Å². The van der Waals surface area contributed by atoms with Gasteiger partial charge in [0.1, 0.15) is 11.6 Å². The quantitative estimate of drug-likeness (QED) is 0.870. The Morgan fingerprint density at radius 1 is 1.43 bits per heavy atom. The molecule has 0 aliphatic heterocycles. The molecule has 1 aliphatic rings. The van der Waals surface area contributed by atoms with Crippen LogP contribution in [0.25, 0.3) is 5.65 Å². The van der Waals surface area contributed by atoms with Crippen LogP contribution in [0, 0.1) is 6.92 Å². The van der Waals surface area contributed by atoms with E-state index in [2.05, 4.69) is 20.1 Å². The predicted octanol–water partition coefficient (Wildman–Crippen LogP) is 0.824. The normalized spacial score (nSPS) is 16.5. The van der Waals surface area contributed by atoms with Crippen molar-refractivity contribution < 1.29 is 0 Å². The molecule has 7 nitrogen and oxygen atoms in total. The maximum absolute atomic E-state index is 11.7. The first-order chi connectivity index (χ1) is 10.2. The van der Waals surface area contributed by atoms with Crippen molar-refractivity contribution in [2.75, 3.05) is 18.0 Å². The molecule has 3 N–H and O–H groups in total. The summed E-state index contributed by atoms with van der Waals surface area (Å²) in [7, 11) is 0. The topological polar surface area (TPSA) is 92.3 Å². The molecule has 0 bridgehead atoms. The highest BCUT2D eigenvalue weighted by atomic mass is 16.1. The van der Waals surface area contributed by atoms with Crippen molar-refractivity contribution in [3.63, 3.8) is 0 Å². The van der Waals surface area contributed by atoms with Crippen LogP contribution in [0.4, 0.5) is 5.82 Å². The van der Waals surface area contributed by atoms with Crippen molar-refractivity contribution in [1.29, 1.82) is 0 Å². The molecular formula is C14H22N6O. The van der Waals surface area contributed by atoms with Gasteiger partial charge in [-0.05, 0) is 19.8 Å². The standard InChI is InChI=1S/C14H22N6O/c1-10-16-12(9-13-17-18-14(21)20(10)13)19(8-7-15)11-5-3-2-4-6-11/h9,11H,2-8,15H2,1H3,(H,18,21). The molecule has 1 fully saturated rings. The van der Waals surface area contributed by atoms with E-state index in [1.54, 1.807) is 0 Å². The molecule has 0 saturated heterocycles. The minimum Gasteiger partial charge on any atom is -0.352 e. The number of aryl methyl sites for hydroxylation is 1. The van der Waals surface area contributed by atoms with Crippen LogP contribution < -0.4 is 16.3 Å². The van der Waals surface area contributed by atoms with Gasteiger partial charge in [-0.25, -0.2) is 19.3 Å². The Morgan fingerprint density at radius 2 is 2.19 bits per heavy atom. The molecule has 0 aromatic carbocycles. The largest absolute Gasteiger partial charge is 0.352 e. The Kier molecular flexibility index (Phi) is 3.92. The molecule has 0 atom stereocenters. The van der Waals surface area contributed by atoms with Gasteiger partial charge in [0.05, 0.1) is 0 Å². The average Bonchev–Trinajstić information content (AvgIpc) is 2.87. The molecule has 1 saturated carbocycles. The SMILES string of the molecule is Cc1nc(N(CCN)C2CCCCC2)cc2n[nH]c(=O)n12. The van der Waals surface area contributed by atoms with Crippen LogP contribution in [-0.4, -0.2) is 38.7 Å². The summed E-state index contributed by atoms with van der Waals surface area (Å²) in [6, 6.07) is 2.36. The van der Waals surface area contributed by atoms with Gasteiger partial charge in [-0.1, -0.05) is 19.3 Å². The zero-order chi connectivity index (χ0) is 14.8. The molecule has 0 amide bonds. The lowest BCUT2D eigenvalue weighted by atomic mass is 9.94. The molecule has 21 heavy (non-hydrogen) atoms. The van der Waals surface area contributed by atoms with Gasteiger partial charge in [-0.15, -0.1) is 0 Å². The van der Waals surface area contributed by atoms with Crippen LogP contribution in [0.5, 0.6) is 0 Å². The third-order valence-corrected chi connectivity index (χ3v) is 4.24. The number of hydrogen-bond donors (Lipinski definition) is 2. The maximum Gasteiger partial charge on any atom is 0.349 e. The van der Waals surface area contributed by atoms with Crippen molar-refractivity contribution in [3.8, 4) is 0 Å². The molecule has 0 radical (unpaired) electrons. The number of fused-ring (bicyclic) bond motifs is 1. The van der Waals surface area contributed by atoms with Gasteiger partial charge in [0.15, 0.2) is 5.65 Å². The van der Waals surface area contributed by atoms with E-state index in [0.717, 1.165) is 12.4 Å². The number of aromatic nitrogens is 4. The number of rotatable bonds is 4. The summed E-state index contributed by atoms with van der Waals surface area (Å²) in [5.41, 5.74) is 6.15. The third-order valence-electron chi connectivity index (χ3n) is 4.24. The maximum atomic E-state index is 11.7. The van der Waals surface area contributed by atoms with Gasteiger partial charge in [-0.2, -0.15) is 5.10 Å². The Morgan fingerprint density at radius 3 is 2.90 bits per heavy atom. The number of anilines is 1. The summed E-state index contributed by atoms with van der Waals surface area (Å²) in [6.07, 6.45) is 6.19. The van der Waals surface area contributed by atoms with Crippen LogP contribution in [0.15, 0.2) is 10.9 Å². The van der Waals surface area contributed by atoms with E-state index in [4.69, 9.17) is 5.73 Å². The van der Waals surface area contributed by atoms with E-state index in [9.17, 15) is 4.79 Å². The minimum atomic E-state index is -0.246. The van der Waals surface area contributed by atoms with E-state index in [1.165, 1.54) is 36.5 Å². The molecule has 114 valence electrons. The van der Waals surface area contributed by atoms with Crippen LogP contribution in [0.1, 0.15) is 37.9 Å². The smallest absolute Gasteiger partial charge is 0.349 e. The number of H-pyrrole nitrogens is 1. The van der Waals surface area contributed by atoms with E-state index < -0.39 is 0 Å². The molecule has 1 aliphatic carbocycles. The van der Waals surface area contributed by atoms with Gasteiger partial charge in [0.2, 0.25) is 0 Å². The molecule has 3 rings (SSSR count). The summed E-state index contributed by atoms with van der Waals surface area (Å²) >= 11 is 0. The zero-order valence-corrected chi connectivity index (χ0v) is 12.4. The molecule has 7 heteroatoms. The number of nitrogens with two attached hydrogens (primary N) is 1. The van der Waals surface area contributed by atoms with Crippen molar-refractivity contribution in [1.82, 2.24) is 19.6 Å². The van der Waals surface area contributed by atoms with Gasteiger partial charge in [0.25, 0.3) is 0 Å². The summed E-state index contributed by atoms with van der Waals surface area (Å²) in [5, 5.41) is 6.52. The second kappa shape index (κ2) is 5.85. The molecular weight excluding hydrogens is 268 g/mol. The Bertz CT molecular complexity index is 670. The van der Waals surface area contributed by atoms with E-state index in [1.807, 2.05) is 13.0 Å². The highest BCUT2D eigenvalue weighted by molar-refractivity contribution is 5.52. The van der Waals surface area contributed by atoms with Gasteiger partial charge in [-0.3, -0.25) is 0 Å². The van der Waals surface area contributed by atoms with Gasteiger partial charge >= 0.3 is 5.69 Å². The predicted molar refractivity (Wildman–Crippen MR) is 81.6 cm³/mol. The number of nitrogens with one attached hydrogen (secondary N) is 1.